The van der Waals surface area contributed by atoms with Gasteiger partial charge in [0.25, 0.3) is 0 Å². The van der Waals surface area contributed by atoms with Gasteiger partial charge in [0.05, 0.1) is 4.47 Å². The number of aromatic nitrogens is 1. The second-order valence-corrected chi connectivity index (χ2v) is 3.71. The summed E-state index contributed by atoms with van der Waals surface area (Å²) in [7, 11) is 0. The third-order valence-corrected chi connectivity index (χ3v) is 2.90. The van der Waals surface area contributed by atoms with E-state index in [0.717, 1.165) is 4.47 Å². The maximum absolute atomic E-state index is 10.2. The summed E-state index contributed by atoms with van der Waals surface area (Å²) >= 11 is 6.40. The maximum Gasteiger partial charge on any atom is 0.341 e. The predicted molar refractivity (Wildman–Crippen MR) is 52.8 cm³/mol. The third-order valence-electron chi connectivity index (χ3n) is 1.12. The first-order valence-electron chi connectivity index (χ1n) is 3.26. The van der Waals surface area contributed by atoms with Crippen LogP contribution in [0.25, 0.3) is 0 Å². The van der Waals surface area contributed by atoms with Crippen LogP contribution >= 0.6 is 31.9 Å². The molecular weight excluding hydrogens is 306 g/mol. The number of hydrogen-bond acceptors (Lipinski definition) is 3. The Bertz CT molecular complexity index is 330. The largest absolute Gasteiger partial charge is 0.479 e. The molecule has 0 aliphatic carbocycles. The molecule has 1 aromatic heterocycles. The number of pyridine rings is 1. The van der Waals surface area contributed by atoms with Crippen molar-refractivity contribution in [1.82, 2.24) is 4.98 Å². The average molecular weight is 311 g/mol. The Morgan fingerprint density at radius 2 is 2.23 bits per heavy atom. The lowest BCUT2D eigenvalue weighted by atomic mass is 10.5. The molecule has 1 aromatic rings. The number of aliphatic carboxylic acids is 1. The first-order valence-corrected chi connectivity index (χ1v) is 4.85. The fourth-order valence-electron chi connectivity index (χ4n) is 0.617. The van der Waals surface area contributed by atoms with Crippen molar-refractivity contribution >= 4 is 37.8 Å². The number of hydrogen-bond donors (Lipinski definition) is 1. The van der Waals surface area contributed by atoms with Crippen LogP contribution in [-0.2, 0) is 4.79 Å². The van der Waals surface area contributed by atoms with Crippen molar-refractivity contribution in [3.05, 3.63) is 21.2 Å². The molecule has 0 spiro atoms. The molecule has 6 heteroatoms. The fourth-order valence-corrected chi connectivity index (χ4v) is 1.14. The lowest BCUT2D eigenvalue weighted by Crippen LogP contribution is -2.10. The molecule has 0 bridgehead atoms. The molecule has 0 radical (unpaired) electrons. The van der Waals surface area contributed by atoms with Gasteiger partial charge < -0.3 is 9.84 Å². The minimum absolute atomic E-state index is 0.275. The lowest BCUT2D eigenvalue weighted by Gasteiger charge is -2.02. The van der Waals surface area contributed by atoms with Gasteiger partial charge in [-0.3, -0.25) is 0 Å². The Morgan fingerprint density at radius 1 is 1.54 bits per heavy atom. The van der Waals surface area contributed by atoms with E-state index in [1.165, 1.54) is 0 Å². The van der Waals surface area contributed by atoms with Gasteiger partial charge in [-0.1, -0.05) is 0 Å². The minimum atomic E-state index is -1.03. The van der Waals surface area contributed by atoms with Crippen LogP contribution in [0.1, 0.15) is 0 Å². The highest BCUT2D eigenvalue weighted by atomic mass is 79.9. The monoisotopic (exact) mass is 309 g/mol. The molecule has 0 atom stereocenters. The molecule has 1 heterocycles. The summed E-state index contributed by atoms with van der Waals surface area (Å²) in [5, 5.41) is 8.32. The van der Waals surface area contributed by atoms with Gasteiger partial charge in [-0.2, -0.15) is 0 Å². The zero-order valence-corrected chi connectivity index (χ0v) is 9.50. The number of ether oxygens (including phenoxy) is 1. The molecule has 0 saturated heterocycles. The van der Waals surface area contributed by atoms with E-state index in [9.17, 15) is 4.79 Å². The van der Waals surface area contributed by atoms with Gasteiger partial charge in [0, 0.05) is 6.07 Å². The molecule has 4 nitrogen and oxygen atoms in total. The van der Waals surface area contributed by atoms with E-state index in [-0.39, 0.29) is 12.5 Å². The maximum atomic E-state index is 10.2. The summed E-state index contributed by atoms with van der Waals surface area (Å²) < 4.78 is 6.21. The van der Waals surface area contributed by atoms with Gasteiger partial charge >= 0.3 is 5.97 Å². The van der Waals surface area contributed by atoms with Gasteiger partial charge in [0.1, 0.15) is 4.60 Å². The predicted octanol–water partition coefficient (Wildman–Crippen LogP) is 2.07. The molecule has 0 unspecified atom stereocenters. The second kappa shape index (κ2) is 4.57. The van der Waals surface area contributed by atoms with E-state index in [1.807, 2.05) is 0 Å². The van der Waals surface area contributed by atoms with E-state index in [2.05, 4.69) is 36.8 Å². The topological polar surface area (TPSA) is 59.4 Å². The fraction of sp³-hybridized carbons (Fsp3) is 0.143. The summed E-state index contributed by atoms with van der Waals surface area (Å²) in [6, 6.07) is 3.30. The highest BCUT2D eigenvalue weighted by Gasteiger charge is 2.03. The van der Waals surface area contributed by atoms with Crippen LogP contribution in [0, 0.1) is 0 Å². The first-order chi connectivity index (χ1) is 6.09. The number of carboxylic acids is 1. The minimum Gasteiger partial charge on any atom is -0.479 e. The summed E-state index contributed by atoms with van der Waals surface area (Å²) in [4.78, 5) is 14.1. The Balaban J connectivity index is 2.68. The molecule has 0 aliphatic heterocycles. The SMILES string of the molecule is O=C(O)COc1ccc(Br)c(Br)n1. The molecule has 1 N–H and O–H groups in total. The molecule has 0 saturated carbocycles. The number of carbonyl (C=O) groups is 1. The number of halogens is 2. The molecule has 0 amide bonds. The van der Waals surface area contributed by atoms with Crippen molar-refractivity contribution in [3.8, 4) is 5.88 Å². The summed E-state index contributed by atoms with van der Waals surface area (Å²) in [5.74, 6) is -0.752. The third kappa shape index (κ3) is 3.31. The quantitative estimate of drug-likeness (QED) is 0.868. The van der Waals surface area contributed by atoms with Crippen molar-refractivity contribution in [3.63, 3.8) is 0 Å². The molecule has 1 rings (SSSR count). The van der Waals surface area contributed by atoms with Gasteiger partial charge in [-0.15, -0.1) is 0 Å². The average Bonchev–Trinajstić information content (AvgIpc) is 2.07. The molecule has 0 aliphatic rings. The van der Waals surface area contributed by atoms with E-state index in [1.54, 1.807) is 12.1 Å². The number of nitrogens with zero attached hydrogens (tertiary/aromatic N) is 1. The van der Waals surface area contributed by atoms with Crippen LogP contribution in [0.15, 0.2) is 21.2 Å². The van der Waals surface area contributed by atoms with Crippen LogP contribution in [0.3, 0.4) is 0 Å². The summed E-state index contributed by atoms with van der Waals surface area (Å²) in [5.41, 5.74) is 0. The molecule has 0 aromatic carbocycles. The highest BCUT2D eigenvalue weighted by Crippen LogP contribution is 2.23. The Kier molecular flexibility index (Phi) is 3.68. The smallest absolute Gasteiger partial charge is 0.341 e. The van der Waals surface area contributed by atoms with Gasteiger partial charge in [-0.25, -0.2) is 9.78 Å². The van der Waals surface area contributed by atoms with E-state index >= 15 is 0 Å². The zero-order valence-electron chi connectivity index (χ0n) is 6.33. The van der Waals surface area contributed by atoms with Crippen molar-refractivity contribution in [2.75, 3.05) is 6.61 Å². The van der Waals surface area contributed by atoms with Crippen LogP contribution in [-0.4, -0.2) is 22.7 Å². The first kappa shape index (κ1) is 10.5. The van der Waals surface area contributed by atoms with E-state index in [4.69, 9.17) is 9.84 Å². The van der Waals surface area contributed by atoms with Gasteiger partial charge in [0.15, 0.2) is 6.61 Å². The Morgan fingerprint density at radius 3 is 2.77 bits per heavy atom. The number of carboxylic acid groups (broad SMARTS) is 1. The van der Waals surface area contributed by atoms with Crippen molar-refractivity contribution in [2.24, 2.45) is 0 Å². The normalized spacial score (nSPS) is 9.69. The molecule has 13 heavy (non-hydrogen) atoms. The number of rotatable bonds is 3. The highest BCUT2D eigenvalue weighted by molar-refractivity contribution is 9.13. The van der Waals surface area contributed by atoms with Crippen LogP contribution < -0.4 is 4.74 Å². The molecule has 0 fully saturated rings. The second-order valence-electron chi connectivity index (χ2n) is 2.10. The van der Waals surface area contributed by atoms with Gasteiger partial charge in [0.2, 0.25) is 5.88 Å². The van der Waals surface area contributed by atoms with Crippen molar-refractivity contribution in [1.29, 1.82) is 0 Å². The van der Waals surface area contributed by atoms with Crippen LogP contribution in [0.5, 0.6) is 5.88 Å². The Hall–Kier alpha value is -0.620. The molecular formula is C7H5Br2NO3. The van der Waals surface area contributed by atoms with Gasteiger partial charge in [-0.05, 0) is 37.9 Å². The Labute approximate surface area is 91.2 Å². The summed E-state index contributed by atoms with van der Waals surface area (Å²) in [6.45, 7) is -0.388. The molecule has 70 valence electrons. The summed E-state index contributed by atoms with van der Waals surface area (Å²) in [6.07, 6.45) is 0. The lowest BCUT2D eigenvalue weighted by molar-refractivity contribution is -0.139. The van der Waals surface area contributed by atoms with Crippen molar-refractivity contribution < 1.29 is 14.6 Å². The van der Waals surface area contributed by atoms with E-state index < -0.39 is 5.97 Å². The van der Waals surface area contributed by atoms with Crippen LogP contribution in [0.2, 0.25) is 0 Å². The van der Waals surface area contributed by atoms with Crippen molar-refractivity contribution in [2.45, 2.75) is 0 Å². The zero-order chi connectivity index (χ0) is 9.84. The van der Waals surface area contributed by atoms with Crippen LogP contribution in [0.4, 0.5) is 0 Å². The van der Waals surface area contributed by atoms with E-state index in [0.29, 0.717) is 4.60 Å². The standard InChI is InChI=1S/C7H5Br2NO3/c8-4-1-2-5(10-7(4)9)13-3-6(11)12/h1-2H,3H2,(H,11,12).